The lowest BCUT2D eigenvalue weighted by atomic mass is 10.1. The number of likely N-dealkylation sites (N-methyl/N-ethyl adjacent to an activating group) is 1. The zero-order valence-corrected chi connectivity index (χ0v) is 16.1. The van der Waals surface area contributed by atoms with Crippen molar-refractivity contribution in [1.82, 2.24) is 9.88 Å². The van der Waals surface area contributed by atoms with E-state index in [2.05, 4.69) is 39.3 Å². The van der Waals surface area contributed by atoms with E-state index in [1.807, 2.05) is 42.5 Å². The van der Waals surface area contributed by atoms with Crippen LogP contribution in [0.5, 0.6) is 0 Å². The van der Waals surface area contributed by atoms with Crippen LogP contribution in [-0.2, 0) is 0 Å². The molecule has 4 rings (SSSR count). The zero-order chi connectivity index (χ0) is 18.6. The quantitative estimate of drug-likeness (QED) is 0.750. The number of carbonyl (C=O) groups is 1. The van der Waals surface area contributed by atoms with Gasteiger partial charge < -0.3 is 15.1 Å². The fraction of sp³-hybridized carbons (Fsp3) is 0.238. The summed E-state index contributed by atoms with van der Waals surface area (Å²) < 4.78 is 0. The molecule has 1 N–H and O–H groups in total. The van der Waals surface area contributed by atoms with Gasteiger partial charge in [-0.15, -0.1) is 11.3 Å². The summed E-state index contributed by atoms with van der Waals surface area (Å²) in [6.07, 6.45) is 0. The van der Waals surface area contributed by atoms with E-state index in [9.17, 15) is 4.79 Å². The number of rotatable bonds is 4. The first-order chi connectivity index (χ1) is 13.2. The summed E-state index contributed by atoms with van der Waals surface area (Å²) >= 11 is 1.48. The monoisotopic (exact) mass is 378 g/mol. The van der Waals surface area contributed by atoms with Gasteiger partial charge in [-0.25, -0.2) is 4.98 Å². The largest absolute Gasteiger partial charge is 0.369 e. The van der Waals surface area contributed by atoms with Crippen LogP contribution in [-0.4, -0.2) is 49.0 Å². The van der Waals surface area contributed by atoms with Gasteiger partial charge in [0.1, 0.15) is 5.69 Å². The van der Waals surface area contributed by atoms with Crippen LogP contribution >= 0.6 is 11.3 Å². The van der Waals surface area contributed by atoms with Crippen molar-refractivity contribution in [3.8, 4) is 10.4 Å². The Kier molecular flexibility index (Phi) is 5.18. The number of thiazole rings is 1. The van der Waals surface area contributed by atoms with Gasteiger partial charge in [0, 0.05) is 37.6 Å². The highest BCUT2D eigenvalue weighted by Gasteiger charge is 2.17. The fourth-order valence-electron chi connectivity index (χ4n) is 3.21. The van der Waals surface area contributed by atoms with Gasteiger partial charge >= 0.3 is 0 Å². The number of carbonyl (C=O) groups excluding carboxylic acids is 1. The van der Waals surface area contributed by atoms with Crippen LogP contribution in [0.25, 0.3) is 10.4 Å². The van der Waals surface area contributed by atoms with Gasteiger partial charge in [0.05, 0.1) is 10.4 Å². The standard InChI is InChI=1S/C21H22N4OS/c1-24-11-13-25(14-12-24)18-9-7-17(8-10-18)23-21(26)19-20(27-15-22-19)16-5-3-2-4-6-16/h2-10,15H,11-14H2,1H3,(H,23,26). The van der Waals surface area contributed by atoms with Crippen LogP contribution in [0.4, 0.5) is 11.4 Å². The van der Waals surface area contributed by atoms with Crippen molar-refractivity contribution in [3.63, 3.8) is 0 Å². The van der Waals surface area contributed by atoms with Gasteiger partial charge in [-0.3, -0.25) is 4.79 Å². The number of aromatic nitrogens is 1. The first-order valence-corrected chi connectivity index (χ1v) is 9.92. The second-order valence-corrected chi connectivity index (χ2v) is 7.54. The molecular weight excluding hydrogens is 356 g/mol. The summed E-state index contributed by atoms with van der Waals surface area (Å²) in [7, 11) is 2.15. The molecule has 2 heterocycles. The molecule has 1 fully saturated rings. The van der Waals surface area contributed by atoms with Crippen molar-refractivity contribution >= 4 is 28.6 Å². The third-order valence-corrected chi connectivity index (χ3v) is 5.69. The Morgan fingerprint density at radius 3 is 2.41 bits per heavy atom. The number of benzene rings is 2. The molecule has 3 aromatic rings. The van der Waals surface area contributed by atoms with Gasteiger partial charge in [0.2, 0.25) is 0 Å². The molecule has 1 saturated heterocycles. The van der Waals surface area contributed by atoms with Crippen LogP contribution in [0.15, 0.2) is 60.1 Å². The molecule has 0 aliphatic carbocycles. The molecule has 0 bridgehead atoms. The van der Waals surface area contributed by atoms with Crippen LogP contribution < -0.4 is 10.2 Å². The molecule has 0 radical (unpaired) electrons. The van der Waals surface area contributed by atoms with E-state index >= 15 is 0 Å². The lowest BCUT2D eigenvalue weighted by Gasteiger charge is -2.34. The zero-order valence-electron chi connectivity index (χ0n) is 15.3. The first-order valence-electron chi connectivity index (χ1n) is 9.04. The Morgan fingerprint density at radius 1 is 1.00 bits per heavy atom. The molecule has 138 valence electrons. The minimum atomic E-state index is -0.178. The fourth-order valence-corrected chi connectivity index (χ4v) is 4.01. The highest BCUT2D eigenvalue weighted by atomic mass is 32.1. The second kappa shape index (κ2) is 7.90. The smallest absolute Gasteiger partial charge is 0.275 e. The Labute approximate surface area is 163 Å². The summed E-state index contributed by atoms with van der Waals surface area (Å²) in [6.45, 7) is 4.21. The van der Waals surface area contributed by atoms with Gasteiger partial charge in [-0.05, 0) is 36.9 Å². The lowest BCUT2D eigenvalue weighted by molar-refractivity contribution is 0.102. The van der Waals surface area contributed by atoms with Crippen molar-refractivity contribution in [2.24, 2.45) is 0 Å². The number of anilines is 2. The van der Waals surface area contributed by atoms with Gasteiger partial charge in [0.25, 0.3) is 5.91 Å². The lowest BCUT2D eigenvalue weighted by Crippen LogP contribution is -2.44. The predicted molar refractivity (Wildman–Crippen MR) is 112 cm³/mol. The van der Waals surface area contributed by atoms with Crippen molar-refractivity contribution in [2.75, 3.05) is 43.4 Å². The molecule has 2 aromatic carbocycles. The van der Waals surface area contributed by atoms with E-state index in [-0.39, 0.29) is 5.91 Å². The molecule has 0 unspecified atom stereocenters. The predicted octanol–water partition coefficient (Wildman–Crippen LogP) is 3.81. The average Bonchev–Trinajstić information content (AvgIpc) is 3.20. The summed E-state index contributed by atoms with van der Waals surface area (Å²) in [5.74, 6) is -0.178. The molecule has 0 atom stereocenters. The molecule has 27 heavy (non-hydrogen) atoms. The summed E-state index contributed by atoms with van der Waals surface area (Å²) in [6, 6.07) is 17.9. The molecule has 1 aromatic heterocycles. The number of piperazine rings is 1. The highest BCUT2D eigenvalue weighted by molar-refractivity contribution is 7.13. The van der Waals surface area contributed by atoms with Crippen LogP contribution in [0.3, 0.4) is 0 Å². The summed E-state index contributed by atoms with van der Waals surface area (Å²) in [5, 5.41) is 2.97. The summed E-state index contributed by atoms with van der Waals surface area (Å²) in [4.78, 5) is 22.6. The van der Waals surface area contributed by atoms with E-state index in [1.165, 1.54) is 17.0 Å². The molecule has 1 aliphatic heterocycles. The Hall–Kier alpha value is -2.70. The molecule has 5 nitrogen and oxygen atoms in total. The third-order valence-electron chi connectivity index (χ3n) is 4.81. The number of hydrogen-bond acceptors (Lipinski definition) is 5. The van der Waals surface area contributed by atoms with E-state index in [1.54, 1.807) is 5.51 Å². The molecule has 1 aliphatic rings. The van der Waals surface area contributed by atoms with Crippen LogP contribution in [0.2, 0.25) is 0 Å². The Balaban J connectivity index is 1.46. The molecule has 1 amide bonds. The summed E-state index contributed by atoms with van der Waals surface area (Å²) in [5.41, 5.74) is 5.17. The van der Waals surface area contributed by atoms with E-state index in [0.717, 1.165) is 42.3 Å². The van der Waals surface area contributed by atoms with Gasteiger partial charge in [-0.1, -0.05) is 30.3 Å². The van der Waals surface area contributed by atoms with Crippen molar-refractivity contribution in [1.29, 1.82) is 0 Å². The van der Waals surface area contributed by atoms with Gasteiger partial charge in [-0.2, -0.15) is 0 Å². The first kappa shape index (κ1) is 17.7. The second-order valence-electron chi connectivity index (χ2n) is 6.69. The number of nitrogens with zero attached hydrogens (tertiary/aromatic N) is 3. The van der Waals surface area contributed by atoms with Crippen molar-refractivity contribution < 1.29 is 4.79 Å². The minimum absolute atomic E-state index is 0.178. The highest BCUT2D eigenvalue weighted by Crippen LogP contribution is 2.28. The maximum absolute atomic E-state index is 12.7. The Morgan fingerprint density at radius 2 is 1.70 bits per heavy atom. The maximum Gasteiger partial charge on any atom is 0.275 e. The minimum Gasteiger partial charge on any atom is -0.369 e. The van der Waals surface area contributed by atoms with E-state index in [4.69, 9.17) is 0 Å². The van der Waals surface area contributed by atoms with Crippen molar-refractivity contribution in [2.45, 2.75) is 0 Å². The van der Waals surface area contributed by atoms with Crippen molar-refractivity contribution in [3.05, 3.63) is 65.8 Å². The molecule has 0 spiro atoms. The molecular formula is C21H22N4OS. The normalized spacial score (nSPS) is 14.9. The van der Waals surface area contributed by atoms with Crippen LogP contribution in [0, 0.1) is 0 Å². The number of nitrogens with one attached hydrogen (secondary N) is 1. The Bertz CT molecular complexity index is 899. The maximum atomic E-state index is 12.7. The van der Waals surface area contributed by atoms with Gasteiger partial charge in [0.15, 0.2) is 0 Å². The number of amides is 1. The van der Waals surface area contributed by atoms with E-state index in [0.29, 0.717) is 5.69 Å². The third kappa shape index (κ3) is 4.02. The topological polar surface area (TPSA) is 48.5 Å². The number of hydrogen-bond donors (Lipinski definition) is 1. The van der Waals surface area contributed by atoms with Crippen LogP contribution in [0.1, 0.15) is 10.5 Å². The molecule has 0 saturated carbocycles. The SMILES string of the molecule is CN1CCN(c2ccc(NC(=O)c3ncsc3-c3ccccc3)cc2)CC1. The molecule has 6 heteroatoms. The van der Waals surface area contributed by atoms with E-state index < -0.39 is 0 Å². The average molecular weight is 379 g/mol.